The predicted octanol–water partition coefficient (Wildman–Crippen LogP) is 11.4. The summed E-state index contributed by atoms with van der Waals surface area (Å²) < 4.78 is 60.7. The lowest BCUT2D eigenvalue weighted by molar-refractivity contribution is 0.627. The maximum absolute atomic E-state index is 14.2. The fourth-order valence-corrected chi connectivity index (χ4v) is 7.10. The molecule has 10 rings (SSSR count). The molecule has 278 valence electrons. The van der Waals surface area contributed by atoms with Gasteiger partial charge in [0, 0.05) is 27.8 Å². The third-order valence-electron chi connectivity index (χ3n) is 9.84. The molecule has 0 spiro atoms. The molecule has 0 saturated carbocycles. The molecule has 11 heteroatoms. The topological polar surface area (TPSA) is 74.3 Å². The van der Waals surface area contributed by atoms with E-state index < -0.39 is 11.6 Å². The van der Waals surface area contributed by atoms with Crippen LogP contribution in [0.4, 0.5) is 17.6 Å². The Bertz CT molecular complexity index is 2930. The molecule has 0 atom stereocenters. The first kappa shape index (κ1) is 34.7. The summed E-state index contributed by atoms with van der Waals surface area (Å²) >= 11 is 0. The van der Waals surface area contributed by atoms with E-state index in [4.69, 9.17) is 24.9 Å². The summed E-state index contributed by atoms with van der Waals surface area (Å²) in [6, 6.07) is 45.2. The molecular weight excluding hydrogens is 739 g/mol. The van der Waals surface area contributed by atoms with E-state index in [-0.39, 0.29) is 29.1 Å². The summed E-state index contributed by atoms with van der Waals surface area (Å²) in [5.41, 5.74) is 7.34. The lowest BCUT2D eigenvalue weighted by Gasteiger charge is -2.17. The zero-order chi connectivity index (χ0) is 39.3. The smallest absolute Gasteiger partial charge is 0.164 e. The van der Waals surface area contributed by atoms with Crippen LogP contribution in [0.25, 0.3) is 90.4 Å². The molecule has 3 heterocycles. The van der Waals surface area contributed by atoms with Crippen molar-refractivity contribution in [2.24, 2.45) is 0 Å². The minimum Gasteiger partial charge on any atom is -0.292 e. The number of aromatic nitrogens is 7. The third-order valence-corrected chi connectivity index (χ3v) is 9.84. The maximum Gasteiger partial charge on any atom is 0.164 e. The van der Waals surface area contributed by atoms with Gasteiger partial charge in [0.05, 0.1) is 33.4 Å². The van der Waals surface area contributed by atoms with Crippen LogP contribution in [0.3, 0.4) is 0 Å². The van der Waals surface area contributed by atoms with Gasteiger partial charge in [0.1, 0.15) is 34.9 Å². The molecule has 0 unspecified atom stereocenters. The average molecular weight is 766 g/mol. The van der Waals surface area contributed by atoms with Gasteiger partial charge in [0.25, 0.3) is 0 Å². The second-order valence-electron chi connectivity index (χ2n) is 13.6. The molecule has 0 bridgehead atoms. The van der Waals surface area contributed by atoms with Crippen molar-refractivity contribution in [3.63, 3.8) is 0 Å². The van der Waals surface area contributed by atoms with Crippen LogP contribution in [0, 0.1) is 23.3 Å². The Labute approximate surface area is 328 Å². The molecule has 7 nitrogen and oxygen atoms in total. The molecule has 0 N–H and O–H groups in total. The number of imidazole rings is 2. The second kappa shape index (κ2) is 14.1. The molecule has 10 aromatic rings. The molecule has 0 amide bonds. The summed E-state index contributed by atoms with van der Waals surface area (Å²) in [6.45, 7) is 0. The van der Waals surface area contributed by atoms with Gasteiger partial charge >= 0.3 is 0 Å². The van der Waals surface area contributed by atoms with Gasteiger partial charge in [-0.1, -0.05) is 24.3 Å². The van der Waals surface area contributed by atoms with Crippen molar-refractivity contribution in [3.05, 3.63) is 187 Å². The summed E-state index contributed by atoms with van der Waals surface area (Å²) in [5, 5.41) is 0. The zero-order valence-electron chi connectivity index (χ0n) is 30.2. The number of para-hydroxylation sites is 4. The lowest BCUT2D eigenvalue weighted by atomic mass is 10.1. The summed E-state index contributed by atoms with van der Waals surface area (Å²) in [6.07, 6.45) is 0. The van der Waals surface area contributed by atoms with Crippen LogP contribution in [0.15, 0.2) is 164 Å². The third kappa shape index (κ3) is 6.34. The van der Waals surface area contributed by atoms with Gasteiger partial charge in [-0.05, 0) is 140 Å². The number of fused-ring (bicyclic) bond motifs is 2. The van der Waals surface area contributed by atoms with Crippen LogP contribution in [0.1, 0.15) is 0 Å². The largest absolute Gasteiger partial charge is 0.292 e. The summed E-state index contributed by atoms with van der Waals surface area (Å²) in [7, 11) is 0. The Morgan fingerprint density at radius 1 is 0.310 bits per heavy atom. The highest BCUT2D eigenvalue weighted by Gasteiger charge is 2.21. The minimum atomic E-state index is -0.414. The summed E-state index contributed by atoms with van der Waals surface area (Å²) in [5.74, 6) is 0.373. The molecule has 0 aliphatic rings. The first-order valence-corrected chi connectivity index (χ1v) is 18.3. The van der Waals surface area contributed by atoms with Crippen LogP contribution in [-0.4, -0.2) is 34.1 Å². The van der Waals surface area contributed by atoms with Crippen LogP contribution >= 0.6 is 0 Å². The van der Waals surface area contributed by atoms with Gasteiger partial charge in [-0.2, -0.15) is 0 Å². The van der Waals surface area contributed by atoms with Gasteiger partial charge in [-0.3, -0.25) is 9.13 Å². The highest BCUT2D eigenvalue weighted by molar-refractivity contribution is 5.87. The van der Waals surface area contributed by atoms with Crippen molar-refractivity contribution in [2.75, 3.05) is 0 Å². The van der Waals surface area contributed by atoms with Crippen LogP contribution < -0.4 is 0 Å². The van der Waals surface area contributed by atoms with Gasteiger partial charge in [0.15, 0.2) is 17.5 Å². The van der Waals surface area contributed by atoms with Gasteiger partial charge in [-0.25, -0.2) is 42.5 Å². The minimum absolute atomic E-state index is 0.274. The van der Waals surface area contributed by atoms with E-state index >= 15 is 0 Å². The number of hydrogen-bond acceptors (Lipinski definition) is 5. The molecule has 0 aliphatic carbocycles. The number of nitrogens with zero attached hydrogens (tertiary/aromatic N) is 7. The molecule has 0 aliphatic heterocycles. The second-order valence-corrected chi connectivity index (χ2v) is 13.6. The number of rotatable bonds is 7. The van der Waals surface area contributed by atoms with Crippen molar-refractivity contribution in [3.8, 4) is 68.3 Å². The molecule has 0 radical (unpaired) electrons. The standard InChI is InChI=1S/C47H27F4N7/c48-33-17-9-28(10-18-33)43-54-44(29-11-19-34(49)20-12-29)56-45(55-43)32-25-37(57-41-7-3-1-5-39(41)52-46(57)30-13-21-35(50)22-14-30)27-38(26-32)58-42-8-4-2-6-40(42)53-47(58)31-15-23-36(51)24-16-31/h1-27H. The molecular formula is C47H27F4N7. The van der Waals surface area contributed by atoms with Crippen molar-refractivity contribution in [1.29, 1.82) is 0 Å². The van der Waals surface area contributed by atoms with Crippen molar-refractivity contribution < 1.29 is 17.6 Å². The highest BCUT2D eigenvalue weighted by atomic mass is 19.1. The van der Waals surface area contributed by atoms with Crippen LogP contribution in [0.2, 0.25) is 0 Å². The van der Waals surface area contributed by atoms with Crippen molar-refractivity contribution >= 4 is 22.1 Å². The Balaban J connectivity index is 1.29. The first-order valence-electron chi connectivity index (χ1n) is 18.3. The molecule has 3 aromatic heterocycles. The van der Waals surface area contributed by atoms with Crippen LogP contribution in [0.5, 0.6) is 0 Å². The molecule has 0 saturated heterocycles. The number of halogens is 4. The zero-order valence-corrected chi connectivity index (χ0v) is 30.2. The van der Waals surface area contributed by atoms with E-state index in [1.54, 1.807) is 48.5 Å². The predicted molar refractivity (Wildman–Crippen MR) is 216 cm³/mol. The first-order chi connectivity index (χ1) is 28.3. The van der Waals surface area contributed by atoms with Gasteiger partial charge in [0.2, 0.25) is 0 Å². The Morgan fingerprint density at radius 3 is 1.02 bits per heavy atom. The van der Waals surface area contributed by atoms with Crippen LogP contribution in [-0.2, 0) is 0 Å². The van der Waals surface area contributed by atoms with E-state index in [1.807, 2.05) is 75.9 Å². The van der Waals surface area contributed by atoms with Crippen molar-refractivity contribution in [1.82, 2.24) is 34.1 Å². The molecule has 0 fully saturated rings. The summed E-state index contributed by atoms with van der Waals surface area (Å²) in [4.78, 5) is 24.7. The molecule has 58 heavy (non-hydrogen) atoms. The average Bonchev–Trinajstić information content (AvgIpc) is 3.84. The quantitative estimate of drug-likeness (QED) is 0.151. The highest BCUT2D eigenvalue weighted by Crippen LogP contribution is 2.36. The monoisotopic (exact) mass is 765 g/mol. The number of hydrogen-bond donors (Lipinski definition) is 0. The van der Waals surface area contributed by atoms with E-state index in [9.17, 15) is 17.6 Å². The number of benzene rings is 7. The van der Waals surface area contributed by atoms with E-state index in [0.29, 0.717) is 61.9 Å². The Hall–Kier alpha value is -7.79. The normalized spacial score (nSPS) is 11.4. The SMILES string of the molecule is Fc1ccc(-c2nc(-c3ccc(F)cc3)nc(-c3cc(-n4c(-c5ccc(F)cc5)nc5ccccc54)cc(-n4c(-c5ccc(F)cc5)nc5ccccc54)c3)n2)cc1. The van der Waals surface area contributed by atoms with E-state index in [0.717, 1.165) is 11.0 Å². The Morgan fingerprint density at radius 2 is 0.638 bits per heavy atom. The van der Waals surface area contributed by atoms with E-state index in [1.165, 1.54) is 48.5 Å². The lowest BCUT2D eigenvalue weighted by Crippen LogP contribution is -2.05. The maximum atomic E-state index is 14.2. The fraction of sp³-hybridized carbons (Fsp3) is 0. The Kier molecular flexibility index (Phi) is 8.40. The molecule has 7 aromatic carbocycles. The van der Waals surface area contributed by atoms with E-state index in [2.05, 4.69) is 0 Å². The van der Waals surface area contributed by atoms with Gasteiger partial charge < -0.3 is 0 Å². The van der Waals surface area contributed by atoms with Crippen molar-refractivity contribution in [2.45, 2.75) is 0 Å². The van der Waals surface area contributed by atoms with Gasteiger partial charge in [-0.15, -0.1) is 0 Å². The fourth-order valence-electron chi connectivity index (χ4n) is 7.10.